The zero-order chi connectivity index (χ0) is 20.6. The highest BCUT2D eigenvalue weighted by Crippen LogP contribution is 2.30. The summed E-state index contributed by atoms with van der Waals surface area (Å²) in [4.78, 5) is 31.4. The summed E-state index contributed by atoms with van der Waals surface area (Å²) in [6, 6.07) is 2.25. The predicted octanol–water partition coefficient (Wildman–Crippen LogP) is -0.558. The Morgan fingerprint density at radius 1 is 1.28 bits per heavy atom. The van der Waals surface area contributed by atoms with Crippen LogP contribution in [0.4, 0.5) is 4.79 Å². The molecule has 3 saturated heterocycles. The van der Waals surface area contributed by atoms with Gasteiger partial charge < -0.3 is 14.8 Å². The van der Waals surface area contributed by atoms with E-state index in [1.165, 1.54) is 4.90 Å². The quantitative estimate of drug-likeness (QED) is 0.387. The van der Waals surface area contributed by atoms with Crippen LogP contribution < -0.4 is 10.8 Å². The van der Waals surface area contributed by atoms with Crippen molar-refractivity contribution in [2.24, 2.45) is 0 Å². The first-order valence-corrected chi connectivity index (χ1v) is 10.7. The molecule has 3 amide bonds. The van der Waals surface area contributed by atoms with Crippen molar-refractivity contribution in [3.05, 3.63) is 24.5 Å². The Morgan fingerprint density at radius 3 is 2.76 bits per heavy atom. The van der Waals surface area contributed by atoms with Gasteiger partial charge in [0.25, 0.3) is 5.91 Å². The predicted molar refractivity (Wildman–Crippen MR) is 97.4 cm³/mol. The van der Waals surface area contributed by atoms with E-state index in [1.54, 1.807) is 0 Å². The fraction of sp³-hybridized carbons (Fsp3) is 0.625. The van der Waals surface area contributed by atoms with Gasteiger partial charge in [0.15, 0.2) is 0 Å². The van der Waals surface area contributed by atoms with E-state index < -0.39 is 34.4 Å². The van der Waals surface area contributed by atoms with Crippen LogP contribution in [0.2, 0.25) is 0 Å². The van der Waals surface area contributed by atoms with Crippen molar-refractivity contribution in [1.82, 2.24) is 25.3 Å². The summed E-state index contributed by atoms with van der Waals surface area (Å²) in [7, 11) is -4.82. The van der Waals surface area contributed by atoms with E-state index >= 15 is 0 Å². The van der Waals surface area contributed by atoms with Gasteiger partial charge in [-0.05, 0) is 31.4 Å². The summed E-state index contributed by atoms with van der Waals surface area (Å²) >= 11 is 0. The van der Waals surface area contributed by atoms with Crippen LogP contribution in [0.3, 0.4) is 0 Å². The number of carbonyl (C=O) groups is 2. The summed E-state index contributed by atoms with van der Waals surface area (Å²) in [5.74, 6) is -0.481. The molecule has 0 saturated carbocycles. The molecule has 4 heterocycles. The van der Waals surface area contributed by atoms with Gasteiger partial charge in [-0.3, -0.25) is 14.2 Å². The molecular formula is C16H23N5O7S. The zero-order valence-electron chi connectivity index (χ0n) is 15.5. The molecule has 4 rings (SSSR count). The van der Waals surface area contributed by atoms with E-state index in [0.717, 1.165) is 13.0 Å². The van der Waals surface area contributed by atoms with E-state index in [-0.39, 0.29) is 19.2 Å². The number of nitrogens with one attached hydrogen (secondary N) is 2. The smallest absolute Gasteiger partial charge is 0.350 e. The van der Waals surface area contributed by atoms with Crippen molar-refractivity contribution in [3.8, 4) is 0 Å². The van der Waals surface area contributed by atoms with Gasteiger partial charge in [-0.25, -0.2) is 10.3 Å². The van der Waals surface area contributed by atoms with Gasteiger partial charge in [-0.2, -0.15) is 13.5 Å². The summed E-state index contributed by atoms with van der Waals surface area (Å²) in [6.07, 6.45) is 5.57. The van der Waals surface area contributed by atoms with Gasteiger partial charge in [0.1, 0.15) is 6.04 Å². The van der Waals surface area contributed by atoms with Crippen LogP contribution in [0.5, 0.6) is 0 Å². The summed E-state index contributed by atoms with van der Waals surface area (Å²) in [5.41, 5.74) is 2.39. The van der Waals surface area contributed by atoms with Crippen molar-refractivity contribution in [2.75, 3.05) is 19.7 Å². The Labute approximate surface area is 167 Å². The average Bonchev–Trinajstić information content (AvgIpc) is 3.39. The number of amides is 3. The standard InChI is InChI=1S/C16H23N5O7S/c22-15(18-27-10-11-7-13(8-17-11)19-5-1-2-6-19)14-4-3-12-9-20(14)16(23)21(12)28-29(24,25)26/h1-2,5-6,11-14,17H,3-4,7-10H2,(H,18,22)(H,24,25,26)/t11-,12?,13-,14?/m1/s1. The highest BCUT2D eigenvalue weighted by atomic mass is 32.3. The molecule has 0 aliphatic carbocycles. The molecule has 4 atom stereocenters. The average molecular weight is 429 g/mol. The Hall–Kier alpha value is -2.19. The number of hydrogen-bond donors (Lipinski definition) is 3. The minimum atomic E-state index is -4.82. The molecule has 13 heteroatoms. The molecule has 160 valence electrons. The number of hydroxylamine groups is 3. The maximum absolute atomic E-state index is 12.5. The highest BCUT2D eigenvalue weighted by Gasteiger charge is 2.49. The Morgan fingerprint density at radius 2 is 2.03 bits per heavy atom. The van der Waals surface area contributed by atoms with Crippen LogP contribution in [-0.2, 0) is 24.3 Å². The molecule has 2 unspecified atom stereocenters. The minimum absolute atomic E-state index is 0.0884. The van der Waals surface area contributed by atoms with Crippen LogP contribution in [0.15, 0.2) is 24.5 Å². The number of aromatic nitrogens is 1. The molecule has 0 radical (unpaired) electrons. The monoisotopic (exact) mass is 429 g/mol. The first-order chi connectivity index (χ1) is 13.8. The second-order valence-electron chi connectivity index (χ2n) is 7.41. The number of nitrogens with zero attached hydrogens (tertiary/aromatic N) is 3. The van der Waals surface area contributed by atoms with E-state index in [2.05, 4.69) is 19.6 Å². The Kier molecular flexibility index (Phi) is 5.48. The second-order valence-corrected chi connectivity index (χ2v) is 8.42. The van der Waals surface area contributed by atoms with Crippen molar-refractivity contribution in [2.45, 2.75) is 43.4 Å². The number of rotatable bonds is 7. The molecule has 1 aromatic rings. The first-order valence-electron chi connectivity index (χ1n) is 9.36. The maximum Gasteiger partial charge on any atom is 0.418 e. The summed E-state index contributed by atoms with van der Waals surface area (Å²) < 4.78 is 37.1. The van der Waals surface area contributed by atoms with Crippen LogP contribution in [0.25, 0.3) is 0 Å². The molecule has 0 aromatic carbocycles. The normalized spacial score (nSPS) is 29.5. The van der Waals surface area contributed by atoms with E-state index in [0.29, 0.717) is 23.9 Å². The van der Waals surface area contributed by atoms with Gasteiger partial charge in [0.05, 0.1) is 12.6 Å². The fourth-order valence-corrected chi connectivity index (χ4v) is 4.52. The lowest BCUT2D eigenvalue weighted by molar-refractivity contribution is -0.139. The minimum Gasteiger partial charge on any atom is -0.350 e. The highest BCUT2D eigenvalue weighted by molar-refractivity contribution is 7.80. The first kappa shape index (κ1) is 20.1. The van der Waals surface area contributed by atoms with Gasteiger partial charge in [0, 0.05) is 37.6 Å². The SMILES string of the molecule is O=C(NOC[C@H]1C[C@@H](n2cccc2)CN1)C1CCC2CN1C(=O)N2OS(=O)(=O)O. The molecule has 1 aromatic heterocycles. The lowest BCUT2D eigenvalue weighted by atomic mass is 10.0. The number of fused-ring (bicyclic) bond motifs is 2. The van der Waals surface area contributed by atoms with Crippen LogP contribution in [-0.4, -0.2) is 77.3 Å². The largest absolute Gasteiger partial charge is 0.418 e. The molecule has 0 spiro atoms. The number of hydrogen-bond acceptors (Lipinski definition) is 7. The molecule has 3 N–H and O–H groups in total. The molecule has 3 aliphatic heterocycles. The van der Waals surface area contributed by atoms with Gasteiger partial charge in [0.2, 0.25) is 0 Å². The van der Waals surface area contributed by atoms with Gasteiger partial charge in [-0.1, -0.05) is 0 Å². The molecule has 3 aliphatic rings. The Bertz CT molecular complexity index is 861. The summed E-state index contributed by atoms with van der Waals surface area (Å²) in [5, 5.41) is 3.95. The van der Waals surface area contributed by atoms with E-state index in [1.807, 2.05) is 24.5 Å². The number of piperidine rings is 1. The van der Waals surface area contributed by atoms with Gasteiger partial charge >= 0.3 is 16.4 Å². The van der Waals surface area contributed by atoms with E-state index in [9.17, 15) is 18.0 Å². The molecule has 12 nitrogen and oxygen atoms in total. The fourth-order valence-electron chi connectivity index (χ4n) is 4.13. The summed E-state index contributed by atoms with van der Waals surface area (Å²) in [6.45, 7) is 1.23. The van der Waals surface area contributed by atoms with Crippen molar-refractivity contribution in [3.63, 3.8) is 0 Å². The lowest BCUT2D eigenvalue weighted by Gasteiger charge is -2.29. The molecule has 2 bridgehead atoms. The third kappa shape index (κ3) is 4.38. The molecule has 29 heavy (non-hydrogen) atoms. The van der Waals surface area contributed by atoms with E-state index in [4.69, 9.17) is 9.39 Å². The van der Waals surface area contributed by atoms with Crippen LogP contribution in [0, 0.1) is 0 Å². The topological polar surface area (TPSA) is 142 Å². The molecule has 3 fully saturated rings. The van der Waals surface area contributed by atoms with Crippen molar-refractivity contribution >= 4 is 22.3 Å². The number of urea groups is 1. The van der Waals surface area contributed by atoms with Crippen LogP contribution >= 0.6 is 0 Å². The molecular weight excluding hydrogens is 406 g/mol. The van der Waals surface area contributed by atoms with Crippen LogP contribution in [0.1, 0.15) is 25.3 Å². The lowest BCUT2D eigenvalue weighted by Crippen LogP contribution is -2.50. The number of carbonyl (C=O) groups excluding carboxylic acids is 2. The van der Waals surface area contributed by atoms with Crippen molar-refractivity contribution < 1.29 is 31.7 Å². The second kappa shape index (κ2) is 7.91. The Balaban J connectivity index is 1.25. The van der Waals surface area contributed by atoms with Gasteiger partial charge in [-0.15, -0.1) is 4.28 Å². The third-order valence-corrected chi connectivity index (χ3v) is 5.85. The maximum atomic E-state index is 12.5. The zero-order valence-corrected chi connectivity index (χ0v) is 16.3. The third-order valence-electron chi connectivity index (χ3n) is 5.51. The van der Waals surface area contributed by atoms with Crippen molar-refractivity contribution in [1.29, 1.82) is 0 Å².